The number of ether oxygens (including phenoxy) is 2. The fraction of sp³-hybridized carbons (Fsp3) is 0.211. The largest absolute Gasteiger partial charge is 0.573 e. The number of para-hydroxylation sites is 1. The summed E-state index contributed by atoms with van der Waals surface area (Å²) in [4.78, 5) is 3.94. The molecule has 3 aromatic rings. The standard InChI is InChI=1S/C19H17F3N2O4S/c20-19(21,22)28-15-7-2-8-16(13-15)29(25,26)24-11-4-12-27-17-9-1-5-14-6-3-10-23-18(14)17/h1-3,5-10,13,24H,4,11-12H2. The lowest BCUT2D eigenvalue weighted by Crippen LogP contribution is -2.26. The molecule has 1 aromatic heterocycles. The van der Waals surface area contributed by atoms with Crippen molar-refractivity contribution >= 4 is 20.9 Å². The van der Waals surface area contributed by atoms with Gasteiger partial charge in [-0.2, -0.15) is 0 Å². The predicted molar refractivity (Wildman–Crippen MR) is 100 cm³/mol. The van der Waals surface area contributed by atoms with Gasteiger partial charge in [-0.15, -0.1) is 13.2 Å². The second kappa shape index (κ2) is 8.66. The first-order valence-electron chi connectivity index (χ1n) is 8.57. The molecule has 1 N–H and O–H groups in total. The van der Waals surface area contributed by atoms with Gasteiger partial charge in [-0.1, -0.05) is 24.3 Å². The minimum absolute atomic E-state index is 0.0465. The molecule has 3 rings (SSSR count). The van der Waals surface area contributed by atoms with Crippen LogP contribution in [0.15, 0.2) is 65.7 Å². The highest BCUT2D eigenvalue weighted by atomic mass is 32.2. The normalized spacial score (nSPS) is 12.1. The van der Waals surface area contributed by atoms with Crippen molar-refractivity contribution in [2.75, 3.05) is 13.2 Å². The van der Waals surface area contributed by atoms with E-state index in [9.17, 15) is 21.6 Å². The number of benzene rings is 2. The Morgan fingerprint density at radius 2 is 1.79 bits per heavy atom. The van der Waals surface area contributed by atoms with Gasteiger partial charge in [0.05, 0.1) is 11.5 Å². The predicted octanol–water partition coefficient (Wildman–Crippen LogP) is 3.88. The Morgan fingerprint density at radius 3 is 2.59 bits per heavy atom. The topological polar surface area (TPSA) is 77.5 Å². The van der Waals surface area contributed by atoms with Crippen molar-refractivity contribution in [2.45, 2.75) is 17.7 Å². The minimum Gasteiger partial charge on any atom is -0.491 e. The summed E-state index contributed by atoms with van der Waals surface area (Å²) in [6.07, 6.45) is -2.90. The number of hydrogen-bond acceptors (Lipinski definition) is 5. The van der Waals surface area contributed by atoms with Crippen LogP contribution < -0.4 is 14.2 Å². The first kappa shape index (κ1) is 20.9. The number of sulfonamides is 1. The maximum Gasteiger partial charge on any atom is 0.573 e. The van der Waals surface area contributed by atoms with E-state index < -0.39 is 22.1 Å². The van der Waals surface area contributed by atoms with Gasteiger partial charge in [0.1, 0.15) is 17.0 Å². The number of alkyl halides is 3. The van der Waals surface area contributed by atoms with E-state index in [-0.39, 0.29) is 18.0 Å². The lowest BCUT2D eigenvalue weighted by molar-refractivity contribution is -0.274. The first-order chi connectivity index (χ1) is 13.7. The van der Waals surface area contributed by atoms with Gasteiger partial charge in [0.2, 0.25) is 10.0 Å². The van der Waals surface area contributed by atoms with E-state index in [1.165, 1.54) is 12.1 Å². The summed E-state index contributed by atoms with van der Waals surface area (Å²) < 4.78 is 73.1. The van der Waals surface area contributed by atoms with Gasteiger partial charge >= 0.3 is 6.36 Å². The molecule has 0 spiro atoms. The molecule has 0 unspecified atom stereocenters. The van der Waals surface area contributed by atoms with Crippen LogP contribution in [0.5, 0.6) is 11.5 Å². The average molecular weight is 426 g/mol. The highest BCUT2D eigenvalue weighted by Crippen LogP contribution is 2.25. The van der Waals surface area contributed by atoms with Crippen LogP contribution in [0.25, 0.3) is 10.9 Å². The number of hydrogen-bond donors (Lipinski definition) is 1. The van der Waals surface area contributed by atoms with Gasteiger partial charge in [-0.25, -0.2) is 13.1 Å². The SMILES string of the molecule is O=S(=O)(NCCCOc1cccc2cccnc12)c1cccc(OC(F)(F)F)c1. The van der Waals surface area contributed by atoms with Crippen LogP contribution in [0, 0.1) is 0 Å². The Balaban J connectivity index is 1.54. The summed E-state index contributed by atoms with van der Waals surface area (Å²) in [6, 6.07) is 13.4. The smallest absolute Gasteiger partial charge is 0.491 e. The summed E-state index contributed by atoms with van der Waals surface area (Å²) in [6.45, 7) is 0.278. The lowest BCUT2D eigenvalue weighted by atomic mass is 10.2. The van der Waals surface area contributed by atoms with Crippen molar-refractivity contribution in [3.63, 3.8) is 0 Å². The number of nitrogens with one attached hydrogen (secondary N) is 1. The Morgan fingerprint density at radius 1 is 1.03 bits per heavy atom. The molecule has 10 heteroatoms. The molecule has 0 saturated heterocycles. The quantitative estimate of drug-likeness (QED) is 0.553. The third kappa shape index (κ3) is 5.81. The first-order valence-corrected chi connectivity index (χ1v) is 10.0. The van der Waals surface area contributed by atoms with Crippen LogP contribution in [0.4, 0.5) is 13.2 Å². The minimum atomic E-state index is -4.90. The Bertz CT molecular complexity index is 1080. The van der Waals surface area contributed by atoms with Gasteiger partial charge in [0, 0.05) is 24.2 Å². The average Bonchev–Trinajstić information content (AvgIpc) is 2.67. The van der Waals surface area contributed by atoms with Crippen LogP contribution in [-0.2, 0) is 10.0 Å². The van der Waals surface area contributed by atoms with Gasteiger partial charge in [0.15, 0.2) is 0 Å². The van der Waals surface area contributed by atoms with Crippen molar-refractivity contribution in [1.82, 2.24) is 9.71 Å². The molecular weight excluding hydrogens is 409 g/mol. The lowest BCUT2D eigenvalue weighted by Gasteiger charge is -2.11. The van der Waals surface area contributed by atoms with E-state index in [0.29, 0.717) is 17.7 Å². The monoisotopic (exact) mass is 426 g/mol. The van der Waals surface area contributed by atoms with Crippen molar-refractivity contribution < 1.29 is 31.1 Å². The molecule has 1 heterocycles. The Hall–Kier alpha value is -2.85. The Labute approximate surface area is 165 Å². The summed E-state index contributed by atoms with van der Waals surface area (Å²) in [5.41, 5.74) is 0.706. The molecule has 0 aliphatic rings. The van der Waals surface area contributed by atoms with Crippen LogP contribution in [0.1, 0.15) is 6.42 Å². The summed E-state index contributed by atoms with van der Waals surface area (Å²) in [5, 5.41) is 0.923. The van der Waals surface area contributed by atoms with Gasteiger partial charge in [-0.05, 0) is 30.7 Å². The van der Waals surface area contributed by atoms with Crippen molar-refractivity contribution in [2.24, 2.45) is 0 Å². The number of aromatic nitrogens is 1. The third-order valence-corrected chi connectivity index (χ3v) is 5.27. The number of pyridine rings is 1. The van der Waals surface area contributed by atoms with E-state index in [4.69, 9.17) is 4.74 Å². The molecule has 6 nitrogen and oxygen atoms in total. The second-order valence-electron chi connectivity index (χ2n) is 5.95. The van der Waals surface area contributed by atoms with Gasteiger partial charge in [0.25, 0.3) is 0 Å². The molecule has 0 saturated carbocycles. The number of fused-ring (bicyclic) bond motifs is 1. The molecule has 0 aliphatic carbocycles. The van der Waals surface area contributed by atoms with E-state index in [2.05, 4.69) is 14.4 Å². The fourth-order valence-electron chi connectivity index (χ4n) is 2.58. The van der Waals surface area contributed by atoms with Crippen LogP contribution in [-0.4, -0.2) is 32.9 Å². The zero-order valence-corrected chi connectivity index (χ0v) is 15.8. The number of rotatable bonds is 8. The molecule has 2 aromatic carbocycles. The molecule has 0 radical (unpaired) electrons. The van der Waals surface area contributed by atoms with Crippen LogP contribution in [0.3, 0.4) is 0 Å². The van der Waals surface area contributed by atoms with E-state index in [0.717, 1.165) is 17.5 Å². The third-order valence-electron chi connectivity index (χ3n) is 3.82. The van der Waals surface area contributed by atoms with Crippen molar-refractivity contribution in [3.05, 3.63) is 60.8 Å². The fourth-order valence-corrected chi connectivity index (χ4v) is 3.68. The van der Waals surface area contributed by atoms with Crippen LogP contribution >= 0.6 is 0 Å². The van der Waals surface area contributed by atoms with E-state index in [1.54, 1.807) is 12.3 Å². The molecule has 0 fully saturated rings. The zero-order valence-electron chi connectivity index (χ0n) is 15.0. The second-order valence-corrected chi connectivity index (χ2v) is 7.72. The summed E-state index contributed by atoms with van der Waals surface area (Å²) in [5.74, 6) is -0.0184. The number of nitrogens with zero attached hydrogens (tertiary/aromatic N) is 1. The molecule has 0 atom stereocenters. The van der Waals surface area contributed by atoms with Crippen molar-refractivity contribution in [3.8, 4) is 11.5 Å². The summed E-state index contributed by atoms with van der Waals surface area (Å²) in [7, 11) is -3.98. The Kier molecular flexibility index (Phi) is 6.23. The molecule has 0 amide bonds. The maximum absolute atomic E-state index is 12.3. The summed E-state index contributed by atoms with van der Waals surface area (Å²) >= 11 is 0. The van der Waals surface area contributed by atoms with Gasteiger partial charge < -0.3 is 9.47 Å². The van der Waals surface area contributed by atoms with Crippen molar-refractivity contribution in [1.29, 1.82) is 0 Å². The molecule has 0 bridgehead atoms. The molecule has 154 valence electrons. The highest BCUT2D eigenvalue weighted by molar-refractivity contribution is 7.89. The molecule has 0 aliphatic heterocycles. The van der Waals surface area contributed by atoms with Gasteiger partial charge in [-0.3, -0.25) is 4.98 Å². The van der Waals surface area contributed by atoms with Crippen LogP contribution in [0.2, 0.25) is 0 Å². The number of halogens is 3. The highest BCUT2D eigenvalue weighted by Gasteiger charge is 2.31. The molecular formula is C19H17F3N2O4S. The zero-order chi connectivity index (χ0) is 20.9. The molecule has 29 heavy (non-hydrogen) atoms. The van der Waals surface area contributed by atoms with E-state index >= 15 is 0 Å². The van der Waals surface area contributed by atoms with E-state index in [1.807, 2.05) is 24.3 Å². The maximum atomic E-state index is 12.3.